The maximum absolute atomic E-state index is 12.0. The first-order chi connectivity index (χ1) is 9.50. The number of hydrogen-bond acceptors (Lipinski definition) is 4. The number of hydrogen-bond donors (Lipinski definition) is 1. The number of halogens is 1. The summed E-state index contributed by atoms with van der Waals surface area (Å²) in [5.41, 5.74) is -0.139. The molecule has 2 aromatic rings. The third kappa shape index (κ3) is 2.05. The molecule has 5 nitrogen and oxygen atoms in total. The molecule has 1 aliphatic heterocycles. The highest BCUT2D eigenvalue weighted by Crippen LogP contribution is 2.34. The quantitative estimate of drug-likeness (QED) is 0.912. The highest BCUT2D eigenvalue weighted by Gasteiger charge is 2.48. The summed E-state index contributed by atoms with van der Waals surface area (Å²) >= 11 is 3.39. The first kappa shape index (κ1) is 13.3. The van der Waals surface area contributed by atoms with Crippen LogP contribution in [0.1, 0.15) is 12.2 Å². The van der Waals surface area contributed by atoms with Crippen molar-refractivity contribution >= 4 is 21.8 Å². The number of aromatic nitrogens is 1. The Bertz CT molecular complexity index is 670. The lowest BCUT2D eigenvalue weighted by Gasteiger charge is -2.16. The summed E-state index contributed by atoms with van der Waals surface area (Å²) in [5.74, 6) is -0.156. The molecule has 1 N–H and O–H groups in total. The fraction of sp³-hybridized carbons (Fsp3) is 0.286. The molecule has 2 heterocycles. The Morgan fingerprint density at radius 3 is 2.90 bits per heavy atom. The van der Waals surface area contributed by atoms with E-state index >= 15 is 0 Å². The lowest BCUT2D eigenvalue weighted by atomic mass is 9.98. The van der Waals surface area contributed by atoms with Crippen molar-refractivity contribution in [2.75, 3.05) is 13.6 Å². The van der Waals surface area contributed by atoms with Crippen LogP contribution in [-0.2, 0) is 10.4 Å². The van der Waals surface area contributed by atoms with Gasteiger partial charge >= 0.3 is 0 Å². The Kier molecular flexibility index (Phi) is 3.14. The molecule has 1 atom stereocenters. The molecule has 0 aliphatic carbocycles. The van der Waals surface area contributed by atoms with Crippen molar-refractivity contribution in [2.24, 2.45) is 0 Å². The Hall–Kier alpha value is -1.66. The van der Waals surface area contributed by atoms with Crippen LogP contribution >= 0.6 is 15.9 Å². The smallest absolute Gasteiger partial charge is 0.262 e. The largest absolute Gasteiger partial charge is 0.373 e. The molecule has 1 saturated heterocycles. The SMILES string of the molecule is CN1CC[C@@](O)(c2cc(-c3cccc(Br)c3)no2)C1=O. The summed E-state index contributed by atoms with van der Waals surface area (Å²) in [6.45, 7) is 0.502. The Labute approximate surface area is 124 Å². The highest BCUT2D eigenvalue weighted by molar-refractivity contribution is 9.10. The predicted octanol–water partition coefficient (Wildman–Crippen LogP) is 2.15. The van der Waals surface area contributed by atoms with Gasteiger partial charge in [-0.25, -0.2) is 0 Å². The van der Waals surface area contributed by atoms with E-state index in [9.17, 15) is 9.90 Å². The molecular formula is C14H13BrN2O3. The van der Waals surface area contributed by atoms with Gasteiger partial charge in [-0.1, -0.05) is 33.2 Å². The minimum atomic E-state index is -1.59. The number of carbonyl (C=O) groups is 1. The molecule has 0 saturated carbocycles. The maximum Gasteiger partial charge on any atom is 0.262 e. The van der Waals surface area contributed by atoms with E-state index in [0.717, 1.165) is 10.0 Å². The molecule has 1 aromatic heterocycles. The van der Waals surface area contributed by atoms with Gasteiger partial charge in [-0.15, -0.1) is 0 Å². The Morgan fingerprint density at radius 2 is 2.25 bits per heavy atom. The maximum atomic E-state index is 12.0. The van der Waals surface area contributed by atoms with Gasteiger partial charge in [0, 0.05) is 36.1 Å². The molecular weight excluding hydrogens is 324 g/mol. The molecule has 1 aliphatic rings. The number of amides is 1. The van der Waals surface area contributed by atoms with E-state index in [1.807, 2.05) is 24.3 Å². The summed E-state index contributed by atoms with van der Waals surface area (Å²) < 4.78 is 6.13. The molecule has 6 heteroatoms. The second kappa shape index (κ2) is 4.71. The number of aliphatic hydroxyl groups is 1. The van der Waals surface area contributed by atoms with Crippen LogP contribution in [0.4, 0.5) is 0 Å². The van der Waals surface area contributed by atoms with Crippen LogP contribution in [0.3, 0.4) is 0 Å². The molecule has 0 unspecified atom stereocenters. The summed E-state index contributed by atoms with van der Waals surface area (Å²) in [4.78, 5) is 13.5. The van der Waals surface area contributed by atoms with E-state index in [1.165, 1.54) is 4.90 Å². The molecule has 3 rings (SSSR count). The van der Waals surface area contributed by atoms with Gasteiger partial charge in [-0.2, -0.15) is 0 Å². The van der Waals surface area contributed by atoms with Gasteiger partial charge in [0.1, 0.15) is 5.69 Å². The first-order valence-electron chi connectivity index (χ1n) is 6.22. The van der Waals surface area contributed by atoms with Crippen LogP contribution < -0.4 is 0 Å². The average molecular weight is 337 g/mol. The summed E-state index contributed by atoms with van der Waals surface area (Å²) in [5, 5.41) is 14.4. The monoisotopic (exact) mass is 336 g/mol. The number of rotatable bonds is 2. The normalized spacial score (nSPS) is 22.6. The van der Waals surface area contributed by atoms with E-state index < -0.39 is 5.60 Å². The zero-order valence-corrected chi connectivity index (χ0v) is 12.4. The van der Waals surface area contributed by atoms with Crippen LogP contribution in [0, 0.1) is 0 Å². The van der Waals surface area contributed by atoms with Gasteiger partial charge in [-0.05, 0) is 12.1 Å². The van der Waals surface area contributed by atoms with Gasteiger partial charge in [-0.3, -0.25) is 4.79 Å². The molecule has 0 spiro atoms. The first-order valence-corrected chi connectivity index (χ1v) is 7.01. The van der Waals surface area contributed by atoms with Gasteiger partial charge in [0.15, 0.2) is 5.76 Å². The van der Waals surface area contributed by atoms with Gasteiger partial charge < -0.3 is 14.5 Å². The number of likely N-dealkylation sites (tertiary alicyclic amines) is 1. The van der Waals surface area contributed by atoms with Crippen molar-refractivity contribution in [1.29, 1.82) is 0 Å². The van der Waals surface area contributed by atoms with Gasteiger partial charge in [0.2, 0.25) is 5.60 Å². The molecule has 104 valence electrons. The molecule has 0 bridgehead atoms. The number of nitrogens with zero attached hydrogens (tertiary/aromatic N) is 2. The molecule has 1 aromatic carbocycles. The number of likely N-dealkylation sites (N-methyl/N-ethyl adjacent to an activating group) is 1. The second-order valence-electron chi connectivity index (χ2n) is 4.92. The Balaban J connectivity index is 1.97. The summed E-state index contributed by atoms with van der Waals surface area (Å²) in [6, 6.07) is 9.20. The molecule has 1 amide bonds. The summed E-state index contributed by atoms with van der Waals surface area (Å²) in [7, 11) is 1.66. The average Bonchev–Trinajstić information content (AvgIpc) is 3.02. The van der Waals surface area contributed by atoms with Crippen LogP contribution in [0.2, 0.25) is 0 Å². The second-order valence-corrected chi connectivity index (χ2v) is 5.84. The van der Waals surface area contributed by atoms with Crippen molar-refractivity contribution in [1.82, 2.24) is 10.1 Å². The van der Waals surface area contributed by atoms with E-state index in [-0.39, 0.29) is 11.7 Å². The van der Waals surface area contributed by atoms with E-state index in [1.54, 1.807) is 13.1 Å². The standard InChI is InChI=1S/C14H13BrN2O3/c1-17-6-5-14(19,13(17)18)12-8-11(16-20-12)9-3-2-4-10(15)7-9/h2-4,7-8,19H,5-6H2,1H3/t14-/m1/s1. The van der Waals surface area contributed by atoms with Gasteiger partial charge in [0.25, 0.3) is 5.91 Å². The molecule has 20 heavy (non-hydrogen) atoms. The lowest BCUT2D eigenvalue weighted by Crippen LogP contribution is -2.35. The van der Waals surface area contributed by atoms with Crippen molar-refractivity contribution in [3.8, 4) is 11.3 Å². The van der Waals surface area contributed by atoms with Gasteiger partial charge in [0.05, 0.1) is 0 Å². The van der Waals surface area contributed by atoms with Crippen LogP contribution in [0.5, 0.6) is 0 Å². The van der Waals surface area contributed by atoms with Crippen molar-refractivity contribution in [3.63, 3.8) is 0 Å². The minimum absolute atomic E-state index is 0.196. The summed E-state index contributed by atoms with van der Waals surface area (Å²) in [6.07, 6.45) is 0.315. The van der Waals surface area contributed by atoms with Crippen LogP contribution in [0.25, 0.3) is 11.3 Å². The van der Waals surface area contributed by atoms with Crippen LogP contribution in [0.15, 0.2) is 39.3 Å². The molecule has 0 radical (unpaired) electrons. The van der Waals surface area contributed by atoms with Crippen LogP contribution in [-0.4, -0.2) is 34.7 Å². The minimum Gasteiger partial charge on any atom is -0.373 e. The number of benzene rings is 1. The fourth-order valence-electron chi connectivity index (χ4n) is 2.34. The van der Waals surface area contributed by atoms with Crippen molar-refractivity contribution < 1.29 is 14.4 Å². The van der Waals surface area contributed by atoms with E-state index in [4.69, 9.17) is 4.52 Å². The lowest BCUT2D eigenvalue weighted by molar-refractivity contribution is -0.144. The topological polar surface area (TPSA) is 66.6 Å². The highest BCUT2D eigenvalue weighted by atomic mass is 79.9. The Morgan fingerprint density at radius 1 is 1.45 bits per heavy atom. The predicted molar refractivity (Wildman–Crippen MR) is 75.8 cm³/mol. The van der Waals surface area contributed by atoms with Crippen molar-refractivity contribution in [2.45, 2.75) is 12.0 Å². The zero-order chi connectivity index (χ0) is 14.3. The fourth-order valence-corrected chi connectivity index (χ4v) is 2.74. The van der Waals surface area contributed by atoms with E-state index in [2.05, 4.69) is 21.1 Å². The third-order valence-corrected chi connectivity index (χ3v) is 4.04. The number of carbonyl (C=O) groups excluding carboxylic acids is 1. The zero-order valence-electron chi connectivity index (χ0n) is 10.8. The third-order valence-electron chi connectivity index (χ3n) is 3.55. The van der Waals surface area contributed by atoms with Crippen molar-refractivity contribution in [3.05, 3.63) is 40.6 Å². The molecule has 1 fully saturated rings. The van der Waals surface area contributed by atoms with E-state index in [0.29, 0.717) is 18.7 Å².